The molecule has 9 nitrogen and oxygen atoms in total. The van der Waals surface area contributed by atoms with Gasteiger partial charge in [0, 0.05) is 45.4 Å². The van der Waals surface area contributed by atoms with Gasteiger partial charge in [0.25, 0.3) is 0 Å². The van der Waals surface area contributed by atoms with Crippen molar-refractivity contribution in [3.05, 3.63) is 11.9 Å². The zero-order valence-electron chi connectivity index (χ0n) is 18.7. The van der Waals surface area contributed by atoms with E-state index in [0.29, 0.717) is 18.7 Å². The maximum Gasteiger partial charge on any atom is 0.389 e. The highest BCUT2D eigenvalue weighted by Crippen LogP contribution is 2.22. The molecule has 0 spiro atoms. The fourth-order valence-electron chi connectivity index (χ4n) is 3.50. The Morgan fingerprint density at radius 3 is 2.81 bits per heavy atom. The summed E-state index contributed by atoms with van der Waals surface area (Å²) in [5.41, 5.74) is 0.583. The molecule has 0 aromatic carbocycles. The lowest BCUT2D eigenvalue weighted by Gasteiger charge is -2.35. The molecular formula is C20H32F3N5O4. The first-order valence-electron chi connectivity index (χ1n) is 10.7. The van der Waals surface area contributed by atoms with Crippen LogP contribution in [0.1, 0.15) is 45.2 Å². The fraction of sp³-hybridized carbons (Fsp3) is 0.800. The summed E-state index contributed by atoms with van der Waals surface area (Å²) in [5.74, 6) is -1.02. The van der Waals surface area contributed by atoms with Crippen LogP contribution in [0.2, 0.25) is 0 Å². The minimum Gasteiger partial charge on any atom is -0.394 e. The maximum absolute atomic E-state index is 12.8. The van der Waals surface area contributed by atoms with Crippen LogP contribution in [-0.2, 0) is 27.5 Å². The Hall–Kier alpha value is -2.21. The Bertz CT molecular complexity index is 758. The molecule has 1 aliphatic rings. The van der Waals surface area contributed by atoms with Crippen LogP contribution >= 0.6 is 0 Å². The molecule has 1 aromatic rings. The van der Waals surface area contributed by atoms with Crippen LogP contribution in [0.4, 0.5) is 13.2 Å². The molecular weight excluding hydrogens is 431 g/mol. The zero-order valence-corrected chi connectivity index (χ0v) is 18.7. The van der Waals surface area contributed by atoms with Gasteiger partial charge in [-0.05, 0) is 13.3 Å². The van der Waals surface area contributed by atoms with E-state index in [1.165, 1.54) is 11.9 Å². The largest absolute Gasteiger partial charge is 0.394 e. The summed E-state index contributed by atoms with van der Waals surface area (Å²) in [6.45, 7) is 4.35. The highest BCUT2D eigenvalue weighted by molar-refractivity contribution is 5.76. The number of hydrogen-bond acceptors (Lipinski definition) is 6. The molecule has 32 heavy (non-hydrogen) atoms. The summed E-state index contributed by atoms with van der Waals surface area (Å²) in [6.07, 6.45) is -4.24. The molecule has 1 aromatic heterocycles. The number of nitrogens with zero attached hydrogens (tertiary/aromatic N) is 5. The molecule has 2 amide bonds. The van der Waals surface area contributed by atoms with Crippen LogP contribution in [0, 0.1) is 5.92 Å². The number of amides is 2. The number of carbonyl (C=O) groups is 2. The van der Waals surface area contributed by atoms with E-state index in [4.69, 9.17) is 4.74 Å². The molecule has 12 heteroatoms. The molecule has 0 fully saturated rings. The van der Waals surface area contributed by atoms with E-state index in [2.05, 4.69) is 10.3 Å². The first kappa shape index (κ1) is 26.0. The monoisotopic (exact) mass is 463 g/mol. The van der Waals surface area contributed by atoms with Gasteiger partial charge in [0.2, 0.25) is 11.8 Å². The van der Waals surface area contributed by atoms with Gasteiger partial charge in [-0.25, -0.2) is 0 Å². The third-order valence-corrected chi connectivity index (χ3v) is 5.55. The van der Waals surface area contributed by atoms with Crippen LogP contribution in [-0.4, -0.2) is 86.8 Å². The first-order chi connectivity index (χ1) is 15.0. The minimum atomic E-state index is -4.40. The molecule has 182 valence electrons. The number of halogens is 3. The average Bonchev–Trinajstić information content (AvgIpc) is 3.18. The van der Waals surface area contributed by atoms with E-state index in [9.17, 15) is 27.9 Å². The third kappa shape index (κ3) is 8.05. The van der Waals surface area contributed by atoms with Crippen molar-refractivity contribution in [2.24, 2.45) is 5.92 Å². The highest BCUT2D eigenvalue weighted by Gasteiger charge is 2.31. The summed E-state index contributed by atoms with van der Waals surface area (Å²) in [5, 5.41) is 17.7. The van der Waals surface area contributed by atoms with Gasteiger partial charge in [0.15, 0.2) is 0 Å². The average molecular weight is 464 g/mol. The SMILES string of the molecule is C[C@@H]1CN([C@H](C)CO)C(=O)CCCn2cc(nn2)CO[C@H]1CN(C)C(=O)CCC(F)(F)F. The second-order valence-corrected chi connectivity index (χ2v) is 8.37. The molecule has 0 aliphatic carbocycles. The number of aliphatic hydroxyl groups is 1. The standard InChI is InChI=1S/C20H32F3N5O4/c1-14-9-28(15(2)12-29)19(31)5-4-8-27-10-16(24-25-27)13-32-17(14)11-26(3)18(30)6-7-20(21,22)23/h10,14-15,17,29H,4-9,11-13H2,1-3H3/t14-,15-,17+/m1/s1. The number of alkyl halides is 3. The second kappa shape index (κ2) is 11.6. The Balaban J connectivity index is 2.17. The van der Waals surface area contributed by atoms with E-state index in [1.54, 1.807) is 22.7 Å². The van der Waals surface area contributed by atoms with E-state index in [0.717, 1.165) is 0 Å². The van der Waals surface area contributed by atoms with Crippen LogP contribution in [0.15, 0.2) is 6.20 Å². The number of aromatic nitrogens is 3. The van der Waals surface area contributed by atoms with E-state index < -0.39 is 37.1 Å². The van der Waals surface area contributed by atoms with Crippen molar-refractivity contribution in [3.8, 4) is 0 Å². The lowest BCUT2D eigenvalue weighted by molar-refractivity contribution is -0.150. The molecule has 3 atom stereocenters. The number of fused-ring (bicyclic) bond motifs is 2. The van der Waals surface area contributed by atoms with Crippen molar-refractivity contribution < 1.29 is 32.6 Å². The van der Waals surface area contributed by atoms with Crippen LogP contribution in [0.5, 0.6) is 0 Å². The predicted octanol–water partition coefficient (Wildman–Crippen LogP) is 1.60. The minimum absolute atomic E-state index is 0.0571. The molecule has 2 heterocycles. The van der Waals surface area contributed by atoms with Gasteiger partial charge >= 0.3 is 6.18 Å². The number of rotatable bonds is 6. The van der Waals surface area contributed by atoms with Gasteiger partial charge in [0.05, 0.1) is 38.0 Å². The van der Waals surface area contributed by atoms with Crippen LogP contribution in [0.3, 0.4) is 0 Å². The van der Waals surface area contributed by atoms with Gasteiger partial charge in [0.1, 0.15) is 5.69 Å². The smallest absolute Gasteiger partial charge is 0.389 e. The number of likely N-dealkylation sites (N-methyl/N-ethyl adjacent to an activating group) is 1. The number of ether oxygens (including phenoxy) is 1. The molecule has 2 rings (SSSR count). The van der Waals surface area contributed by atoms with Gasteiger partial charge in [-0.1, -0.05) is 12.1 Å². The molecule has 0 unspecified atom stereocenters. The highest BCUT2D eigenvalue weighted by atomic mass is 19.4. The van der Waals surface area contributed by atoms with Crippen LogP contribution in [0.25, 0.3) is 0 Å². The van der Waals surface area contributed by atoms with Crippen molar-refractivity contribution in [2.75, 3.05) is 26.7 Å². The molecule has 0 saturated carbocycles. The van der Waals surface area contributed by atoms with Crippen molar-refractivity contribution >= 4 is 11.8 Å². The van der Waals surface area contributed by atoms with Crippen molar-refractivity contribution in [3.63, 3.8) is 0 Å². The zero-order chi connectivity index (χ0) is 23.9. The molecule has 0 radical (unpaired) electrons. The molecule has 1 N–H and O–H groups in total. The number of aliphatic hydroxyl groups excluding tert-OH is 1. The Kier molecular flexibility index (Phi) is 9.44. The van der Waals surface area contributed by atoms with E-state index >= 15 is 0 Å². The van der Waals surface area contributed by atoms with Gasteiger partial charge in [-0.2, -0.15) is 13.2 Å². The summed E-state index contributed by atoms with van der Waals surface area (Å²) in [7, 11) is 1.44. The topological polar surface area (TPSA) is 101 Å². The third-order valence-electron chi connectivity index (χ3n) is 5.55. The summed E-state index contributed by atoms with van der Waals surface area (Å²) >= 11 is 0. The number of carbonyl (C=O) groups excluding carboxylic acids is 2. The molecule has 1 aliphatic heterocycles. The Morgan fingerprint density at radius 1 is 1.44 bits per heavy atom. The van der Waals surface area contributed by atoms with Crippen molar-refractivity contribution in [1.29, 1.82) is 0 Å². The Morgan fingerprint density at radius 2 is 2.16 bits per heavy atom. The maximum atomic E-state index is 12.8. The number of hydrogen-bond donors (Lipinski definition) is 1. The quantitative estimate of drug-likeness (QED) is 0.688. The fourth-order valence-corrected chi connectivity index (χ4v) is 3.50. The van der Waals surface area contributed by atoms with Crippen molar-refractivity contribution in [2.45, 2.75) is 71.0 Å². The normalized spacial score (nSPS) is 22.0. The van der Waals surface area contributed by atoms with Gasteiger partial charge < -0.3 is 19.6 Å². The van der Waals surface area contributed by atoms with Crippen LogP contribution < -0.4 is 0 Å². The Labute approximate surface area is 185 Å². The second-order valence-electron chi connectivity index (χ2n) is 8.37. The molecule has 0 saturated heterocycles. The van der Waals surface area contributed by atoms with Gasteiger partial charge in [-0.3, -0.25) is 14.3 Å². The van der Waals surface area contributed by atoms with Crippen molar-refractivity contribution in [1.82, 2.24) is 24.8 Å². The lowest BCUT2D eigenvalue weighted by atomic mass is 10.0. The predicted molar refractivity (Wildman–Crippen MR) is 108 cm³/mol. The van der Waals surface area contributed by atoms with Gasteiger partial charge in [-0.15, -0.1) is 5.10 Å². The molecule has 2 bridgehead atoms. The van der Waals surface area contributed by atoms with E-state index in [-0.39, 0.29) is 44.5 Å². The summed E-state index contributed by atoms with van der Waals surface area (Å²) in [4.78, 5) is 27.8. The summed E-state index contributed by atoms with van der Waals surface area (Å²) in [6, 6.07) is -0.403. The number of aryl methyl sites for hydroxylation is 1. The lowest BCUT2D eigenvalue weighted by Crippen LogP contribution is -2.47. The first-order valence-corrected chi connectivity index (χ1v) is 10.7. The van der Waals surface area contributed by atoms with E-state index in [1.807, 2.05) is 6.92 Å². The summed E-state index contributed by atoms with van der Waals surface area (Å²) < 4.78 is 45.1.